The zero-order chi connectivity index (χ0) is 11.0. The lowest BCUT2D eigenvalue weighted by Crippen LogP contribution is -2.38. The molecule has 0 aliphatic carbocycles. The van der Waals surface area contributed by atoms with E-state index in [-0.39, 0.29) is 0 Å². The minimum atomic E-state index is 0.821. The summed E-state index contributed by atoms with van der Waals surface area (Å²) < 4.78 is 2.27. The molecule has 0 bridgehead atoms. The van der Waals surface area contributed by atoms with Gasteiger partial charge in [-0.15, -0.1) is 0 Å². The van der Waals surface area contributed by atoms with Gasteiger partial charge in [0.2, 0.25) is 0 Å². The van der Waals surface area contributed by atoms with Gasteiger partial charge in [0.25, 0.3) is 0 Å². The van der Waals surface area contributed by atoms with E-state index in [0.29, 0.717) is 0 Å². The third-order valence-corrected chi connectivity index (χ3v) is 3.99. The lowest BCUT2D eigenvalue weighted by molar-refractivity contribution is 0.176. The number of fused-ring (bicyclic) bond motifs is 1. The molecule has 3 rings (SSSR count). The first-order valence-electron chi connectivity index (χ1n) is 6.26. The van der Waals surface area contributed by atoms with Crippen LogP contribution in [0.4, 0.5) is 0 Å². The van der Waals surface area contributed by atoms with E-state index in [1.165, 1.54) is 32.0 Å². The monoisotopic (exact) mass is 220 g/mol. The van der Waals surface area contributed by atoms with E-state index in [0.717, 1.165) is 24.9 Å². The normalized spacial score (nSPS) is 30.6. The summed E-state index contributed by atoms with van der Waals surface area (Å²) in [5.74, 6) is 2.87. The molecule has 1 aromatic heterocycles. The van der Waals surface area contributed by atoms with Crippen LogP contribution in [-0.2, 0) is 13.1 Å². The van der Waals surface area contributed by atoms with Crippen molar-refractivity contribution in [3.05, 3.63) is 18.2 Å². The Morgan fingerprint density at radius 3 is 3.19 bits per heavy atom. The molecule has 16 heavy (non-hydrogen) atoms. The predicted octanol–water partition coefficient (Wildman–Crippen LogP) is 0.554. The smallest absolute Gasteiger partial charge is 0.122 e. The van der Waals surface area contributed by atoms with Gasteiger partial charge in [-0.3, -0.25) is 4.90 Å². The summed E-state index contributed by atoms with van der Waals surface area (Å²) in [7, 11) is 0. The molecule has 0 aromatic carbocycles. The summed E-state index contributed by atoms with van der Waals surface area (Å²) in [6.45, 7) is 9.25. The maximum Gasteiger partial charge on any atom is 0.122 e. The first-order chi connectivity index (χ1) is 7.83. The van der Waals surface area contributed by atoms with Crippen molar-refractivity contribution in [2.24, 2.45) is 11.8 Å². The number of hydrogen-bond donors (Lipinski definition) is 1. The first-order valence-corrected chi connectivity index (χ1v) is 6.26. The summed E-state index contributed by atoms with van der Waals surface area (Å²) in [5.41, 5.74) is 0. The lowest BCUT2D eigenvalue weighted by atomic mass is 9.97. The second-order valence-corrected chi connectivity index (χ2v) is 5.17. The largest absolute Gasteiger partial charge is 0.333 e. The van der Waals surface area contributed by atoms with Crippen molar-refractivity contribution in [2.45, 2.75) is 20.0 Å². The zero-order valence-electron chi connectivity index (χ0n) is 9.89. The van der Waals surface area contributed by atoms with Crippen LogP contribution in [0.5, 0.6) is 0 Å². The fourth-order valence-electron chi connectivity index (χ4n) is 2.82. The van der Waals surface area contributed by atoms with Gasteiger partial charge in [0.15, 0.2) is 0 Å². The van der Waals surface area contributed by atoms with E-state index in [4.69, 9.17) is 0 Å². The van der Waals surface area contributed by atoms with Crippen LogP contribution in [-0.4, -0.2) is 40.6 Å². The van der Waals surface area contributed by atoms with Gasteiger partial charge in [-0.05, 0) is 24.9 Å². The Morgan fingerprint density at radius 1 is 1.44 bits per heavy atom. The maximum atomic E-state index is 4.41. The molecule has 2 aliphatic heterocycles. The lowest BCUT2D eigenvalue weighted by Gasteiger charge is -2.30. The minimum absolute atomic E-state index is 0.821. The number of rotatable bonds is 2. The van der Waals surface area contributed by atoms with E-state index in [2.05, 4.69) is 32.9 Å². The summed E-state index contributed by atoms with van der Waals surface area (Å²) in [5, 5.41) is 3.48. The minimum Gasteiger partial charge on any atom is -0.333 e. The molecule has 3 heterocycles. The number of nitrogens with one attached hydrogen (secondary N) is 1. The Balaban J connectivity index is 1.61. The van der Waals surface area contributed by atoms with Crippen LogP contribution in [0.15, 0.2) is 12.4 Å². The molecule has 1 N–H and O–H groups in total. The summed E-state index contributed by atoms with van der Waals surface area (Å²) in [6, 6.07) is 0. The number of hydrogen-bond acceptors (Lipinski definition) is 3. The Kier molecular flexibility index (Phi) is 2.69. The van der Waals surface area contributed by atoms with Crippen molar-refractivity contribution in [3.63, 3.8) is 0 Å². The molecule has 0 spiro atoms. The first kappa shape index (κ1) is 10.3. The van der Waals surface area contributed by atoms with Gasteiger partial charge in [0.1, 0.15) is 5.82 Å². The van der Waals surface area contributed by atoms with E-state index < -0.39 is 0 Å². The SMILES string of the molecule is C[C@@H]1CNC[C@H]1CN1CCn2ccnc2C1. The Labute approximate surface area is 96.7 Å². The molecular weight excluding hydrogens is 200 g/mol. The van der Waals surface area contributed by atoms with Crippen LogP contribution >= 0.6 is 0 Å². The van der Waals surface area contributed by atoms with Gasteiger partial charge >= 0.3 is 0 Å². The fourth-order valence-corrected chi connectivity index (χ4v) is 2.82. The average molecular weight is 220 g/mol. The van der Waals surface area contributed by atoms with Gasteiger partial charge in [0, 0.05) is 32.0 Å². The van der Waals surface area contributed by atoms with Gasteiger partial charge in [0.05, 0.1) is 6.54 Å². The Hall–Kier alpha value is -0.870. The molecule has 2 aliphatic rings. The van der Waals surface area contributed by atoms with Crippen molar-refractivity contribution < 1.29 is 0 Å². The molecular formula is C12H20N4. The third kappa shape index (κ3) is 1.87. The van der Waals surface area contributed by atoms with Crippen LogP contribution in [0.3, 0.4) is 0 Å². The van der Waals surface area contributed by atoms with Crippen LogP contribution in [0.2, 0.25) is 0 Å². The highest BCUT2D eigenvalue weighted by molar-refractivity contribution is 4.96. The van der Waals surface area contributed by atoms with Crippen molar-refractivity contribution in [1.82, 2.24) is 19.8 Å². The molecule has 4 heteroatoms. The third-order valence-electron chi connectivity index (χ3n) is 3.99. The Bertz CT molecular complexity index is 360. The fraction of sp³-hybridized carbons (Fsp3) is 0.750. The van der Waals surface area contributed by atoms with Gasteiger partial charge < -0.3 is 9.88 Å². The highest BCUT2D eigenvalue weighted by Gasteiger charge is 2.26. The highest BCUT2D eigenvalue weighted by Crippen LogP contribution is 2.19. The molecule has 88 valence electrons. The van der Waals surface area contributed by atoms with Gasteiger partial charge in [-0.25, -0.2) is 4.98 Å². The number of aromatic nitrogens is 2. The molecule has 1 aromatic rings. The predicted molar refractivity (Wildman–Crippen MR) is 63.0 cm³/mol. The zero-order valence-corrected chi connectivity index (χ0v) is 9.89. The van der Waals surface area contributed by atoms with Crippen LogP contribution in [0.25, 0.3) is 0 Å². The molecule has 2 atom stereocenters. The molecule has 4 nitrogen and oxygen atoms in total. The van der Waals surface area contributed by atoms with Gasteiger partial charge in [-0.2, -0.15) is 0 Å². The summed E-state index contributed by atoms with van der Waals surface area (Å²) in [6.07, 6.45) is 4.00. The molecule has 0 amide bonds. The van der Waals surface area contributed by atoms with Crippen molar-refractivity contribution in [3.8, 4) is 0 Å². The van der Waals surface area contributed by atoms with E-state index in [1.807, 2.05) is 6.20 Å². The molecule has 0 saturated carbocycles. The topological polar surface area (TPSA) is 33.1 Å². The van der Waals surface area contributed by atoms with Gasteiger partial charge in [-0.1, -0.05) is 6.92 Å². The van der Waals surface area contributed by atoms with E-state index in [1.54, 1.807) is 0 Å². The molecule has 1 saturated heterocycles. The van der Waals surface area contributed by atoms with E-state index in [9.17, 15) is 0 Å². The van der Waals surface area contributed by atoms with Crippen molar-refractivity contribution in [2.75, 3.05) is 26.2 Å². The van der Waals surface area contributed by atoms with Crippen molar-refractivity contribution >= 4 is 0 Å². The highest BCUT2D eigenvalue weighted by atomic mass is 15.2. The van der Waals surface area contributed by atoms with Crippen LogP contribution in [0.1, 0.15) is 12.7 Å². The van der Waals surface area contributed by atoms with Crippen LogP contribution in [0, 0.1) is 11.8 Å². The van der Waals surface area contributed by atoms with Crippen molar-refractivity contribution in [1.29, 1.82) is 0 Å². The standard InChI is InChI=1S/C12H20N4/c1-10-6-13-7-11(10)8-15-4-5-16-3-2-14-12(16)9-15/h2-3,10-11,13H,4-9H2,1H3/t10-,11+/m1/s1. The Morgan fingerprint density at radius 2 is 2.38 bits per heavy atom. The summed E-state index contributed by atoms with van der Waals surface area (Å²) in [4.78, 5) is 6.96. The number of nitrogens with zero attached hydrogens (tertiary/aromatic N) is 3. The number of imidazole rings is 1. The second kappa shape index (κ2) is 4.18. The average Bonchev–Trinajstić information content (AvgIpc) is 2.88. The van der Waals surface area contributed by atoms with Crippen LogP contribution < -0.4 is 5.32 Å². The maximum absolute atomic E-state index is 4.41. The van der Waals surface area contributed by atoms with E-state index >= 15 is 0 Å². The quantitative estimate of drug-likeness (QED) is 0.790. The molecule has 1 fully saturated rings. The summed E-state index contributed by atoms with van der Waals surface area (Å²) >= 11 is 0. The second-order valence-electron chi connectivity index (χ2n) is 5.17. The molecule has 0 radical (unpaired) electrons. The molecule has 0 unspecified atom stereocenters.